The molecular formula is C10H5BrCl2FN. The van der Waals surface area contributed by atoms with Crippen LogP contribution in [0.15, 0.2) is 16.7 Å². The van der Waals surface area contributed by atoms with Crippen LogP contribution in [0, 0.1) is 12.7 Å². The van der Waals surface area contributed by atoms with Crippen LogP contribution in [0.4, 0.5) is 4.39 Å². The molecule has 0 aliphatic rings. The van der Waals surface area contributed by atoms with Gasteiger partial charge in [-0.25, -0.2) is 4.39 Å². The van der Waals surface area contributed by atoms with E-state index in [4.69, 9.17) is 23.2 Å². The van der Waals surface area contributed by atoms with Gasteiger partial charge in [0.05, 0.1) is 25.4 Å². The molecule has 2 aromatic rings. The summed E-state index contributed by atoms with van der Waals surface area (Å²) < 4.78 is 14.1. The van der Waals surface area contributed by atoms with E-state index in [-0.39, 0.29) is 15.4 Å². The molecule has 1 aromatic heterocycles. The molecule has 0 N–H and O–H groups in total. The molecule has 0 unspecified atom stereocenters. The fourth-order valence-electron chi connectivity index (χ4n) is 1.41. The second-order valence-electron chi connectivity index (χ2n) is 3.13. The Morgan fingerprint density at radius 2 is 2.07 bits per heavy atom. The third-order valence-corrected chi connectivity index (χ3v) is 3.47. The molecule has 2 rings (SSSR count). The van der Waals surface area contributed by atoms with Crippen LogP contribution < -0.4 is 0 Å². The summed E-state index contributed by atoms with van der Waals surface area (Å²) in [6, 6.07) is 1.66. The number of pyridine rings is 1. The quantitative estimate of drug-likeness (QED) is 0.684. The summed E-state index contributed by atoms with van der Waals surface area (Å²) in [5, 5.41) is 0.708. The third-order valence-electron chi connectivity index (χ3n) is 2.12. The van der Waals surface area contributed by atoms with Gasteiger partial charge in [0, 0.05) is 6.20 Å². The number of halogens is 4. The zero-order valence-electron chi connectivity index (χ0n) is 7.61. The zero-order chi connectivity index (χ0) is 11.2. The molecule has 0 aliphatic carbocycles. The van der Waals surface area contributed by atoms with E-state index in [1.807, 2.05) is 6.92 Å². The standard InChI is InChI=1S/C10H5BrCl2FN/c1-4-2-5(11)9(14)7-8(13)6(12)3-15-10(4)7/h2-3H,1H3. The molecule has 0 amide bonds. The Morgan fingerprint density at radius 3 is 2.73 bits per heavy atom. The summed E-state index contributed by atoms with van der Waals surface area (Å²) in [6.07, 6.45) is 1.42. The first-order valence-electron chi connectivity index (χ1n) is 4.10. The van der Waals surface area contributed by atoms with Gasteiger partial charge in [-0.1, -0.05) is 23.2 Å². The summed E-state index contributed by atoms with van der Waals surface area (Å²) in [4.78, 5) is 4.07. The van der Waals surface area contributed by atoms with E-state index in [0.29, 0.717) is 9.99 Å². The van der Waals surface area contributed by atoms with E-state index in [1.54, 1.807) is 6.07 Å². The Hall–Kier alpha value is -0.380. The predicted molar refractivity (Wildman–Crippen MR) is 64.2 cm³/mol. The van der Waals surface area contributed by atoms with Crippen molar-refractivity contribution in [3.8, 4) is 0 Å². The maximum absolute atomic E-state index is 13.8. The zero-order valence-corrected chi connectivity index (χ0v) is 10.7. The minimum atomic E-state index is -0.435. The molecular weight excluding hydrogens is 304 g/mol. The Balaban J connectivity index is 3.04. The van der Waals surface area contributed by atoms with E-state index in [9.17, 15) is 4.39 Å². The highest BCUT2D eigenvalue weighted by Gasteiger charge is 2.14. The fourth-order valence-corrected chi connectivity index (χ4v) is 2.31. The van der Waals surface area contributed by atoms with Crippen molar-refractivity contribution in [1.82, 2.24) is 4.98 Å². The molecule has 0 aliphatic heterocycles. The smallest absolute Gasteiger partial charge is 0.148 e. The Bertz CT molecular complexity index is 549. The topological polar surface area (TPSA) is 12.9 Å². The van der Waals surface area contributed by atoms with Gasteiger partial charge in [-0.05, 0) is 34.5 Å². The summed E-state index contributed by atoms with van der Waals surface area (Å²) in [5.41, 5.74) is 1.38. The van der Waals surface area contributed by atoms with E-state index < -0.39 is 5.82 Å². The lowest BCUT2D eigenvalue weighted by Crippen LogP contribution is -1.90. The average molecular weight is 309 g/mol. The highest BCUT2D eigenvalue weighted by molar-refractivity contribution is 9.10. The molecule has 0 atom stereocenters. The van der Waals surface area contributed by atoms with Crippen LogP contribution in [0.1, 0.15) is 5.56 Å². The number of nitrogens with zero attached hydrogens (tertiary/aromatic N) is 1. The largest absolute Gasteiger partial charge is 0.254 e. The van der Waals surface area contributed by atoms with Gasteiger partial charge in [-0.3, -0.25) is 4.98 Å². The first-order valence-corrected chi connectivity index (χ1v) is 5.65. The minimum Gasteiger partial charge on any atom is -0.254 e. The maximum Gasteiger partial charge on any atom is 0.148 e. The molecule has 0 saturated carbocycles. The van der Waals surface area contributed by atoms with Crippen molar-refractivity contribution >= 4 is 50.0 Å². The number of aromatic nitrogens is 1. The Kier molecular flexibility index (Phi) is 2.88. The van der Waals surface area contributed by atoms with Crippen molar-refractivity contribution in [1.29, 1.82) is 0 Å². The number of aryl methyl sites for hydroxylation is 1. The maximum atomic E-state index is 13.8. The van der Waals surface area contributed by atoms with E-state index in [0.717, 1.165) is 5.56 Å². The van der Waals surface area contributed by atoms with Gasteiger partial charge >= 0.3 is 0 Å². The second-order valence-corrected chi connectivity index (χ2v) is 4.77. The lowest BCUT2D eigenvalue weighted by atomic mass is 10.1. The van der Waals surface area contributed by atoms with Crippen LogP contribution in [-0.2, 0) is 0 Å². The van der Waals surface area contributed by atoms with Crippen LogP contribution in [0.3, 0.4) is 0 Å². The van der Waals surface area contributed by atoms with Crippen molar-refractivity contribution < 1.29 is 4.39 Å². The molecule has 1 heterocycles. The minimum absolute atomic E-state index is 0.198. The number of hydrogen-bond donors (Lipinski definition) is 0. The highest BCUT2D eigenvalue weighted by Crippen LogP contribution is 2.35. The molecule has 1 aromatic carbocycles. The summed E-state index contributed by atoms with van der Waals surface area (Å²) in [7, 11) is 0. The monoisotopic (exact) mass is 307 g/mol. The van der Waals surface area contributed by atoms with Gasteiger partial charge in [0.25, 0.3) is 0 Å². The van der Waals surface area contributed by atoms with E-state index in [2.05, 4.69) is 20.9 Å². The Labute approximate surface area is 104 Å². The molecule has 5 heteroatoms. The van der Waals surface area contributed by atoms with Crippen LogP contribution >= 0.6 is 39.1 Å². The van der Waals surface area contributed by atoms with Crippen molar-refractivity contribution in [3.05, 3.63) is 38.2 Å². The lowest BCUT2D eigenvalue weighted by molar-refractivity contribution is 0.633. The molecule has 0 bridgehead atoms. The van der Waals surface area contributed by atoms with Gasteiger partial charge in [0.2, 0.25) is 0 Å². The number of fused-ring (bicyclic) bond motifs is 1. The highest BCUT2D eigenvalue weighted by atomic mass is 79.9. The lowest BCUT2D eigenvalue weighted by Gasteiger charge is -2.07. The number of benzene rings is 1. The number of hydrogen-bond acceptors (Lipinski definition) is 1. The van der Waals surface area contributed by atoms with Crippen LogP contribution in [0.25, 0.3) is 10.9 Å². The van der Waals surface area contributed by atoms with Gasteiger partial charge < -0.3 is 0 Å². The van der Waals surface area contributed by atoms with Gasteiger partial charge in [-0.2, -0.15) is 0 Å². The van der Waals surface area contributed by atoms with Crippen LogP contribution in [-0.4, -0.2) is 4.98 Å². The van der Waals surface area contributed by atoms with E-state index >= 15 is 0 Å². The normalized spacial score (nSPS) is 11.0. The van der Waals surface area contributed by atoms with Crippen LogP contribution in [0.5, 0.6) is 0 Å². The van der Waals surface area contributed by atoms with Crippen molar-refractivity contribution in [2.24, 2.45) is 0 Å². The molecule has 0 spiro atoms. The van der Waals surface area contributed by atoms with Crippen LogP contribution in [0.2, 0.25) is 10.0 Å². The molecule has 1 nitrogen and oxygen atoms in total. The molecule has 0 saturated heterocycles. The second kappa shape index (κ2) is 3.89. The summed E-state index contributed by atoms with van der Waals surface area (Å²) in [6.45, 7) is 1.84. The molecule has 15 heavy (non-hydrogen) atoms. The van der Waals surface area contributed by atoms with Crippen molar-refractivity contribution in [2.75, 3.05) is 0 Å². The van der Waals surface area contributed by atoms with Gasteiger partial charge in [0.1, 0.15) is 5.82 Å². The van der Waals surface area contributed by atoms with Gasteiger partial charge in [-0.15, -0.1) is 0 Å². The number of rotatable bonds is 0. The van der Waals surface area contributed by atoms with Gasteiger partial charge in [0.15, 0.2) is 0 Å². The first-order chi connectivity index (χ1) is 7.02. The Morgan fingerprint density at radius 1 is 1.40 bits per heavy atom. The SMILES string of the molecule is Cc1cc(Br)c(F)c2c(Cl)c(Cl)cnc12. The first kappa shape index (κ1) is 11.1. The predicted octanol–water partition coefficient (Wildman–Crippen LogP) is 4.75. The average Bonchev–Trinajstić information content (AvgIpc) is 2.19. The molecule has 0 radical (unpaired) electrons. The third kappa shape index (κ3) is 1.73. The van der Waals surface area contributed by atoms with Crippen molar-refractivity contribution in [2.45, 2.75) is 6.92 Å². The summed E-state index contributed by atoms with van der Waals surface area (Å²) >= 11 is 14.9. The van der Waals surface area contributed by atoms with E-state index in [1.165, 1.54) is 6.20 Å². The summed E-state index contributed by atoms with van der Waals surface area (Å²) in [5.74, 6) is -0.435. The van der Waals surface area contributed by atoms with Crippen molar-refractivity contribution in [3.63, 3.8) is 0 Å². The fraction of sp³-hybridized carbons (Fsp3) is 0.100. The molecule has 0 fully saturated rings. The molecule has 78 valence electrons.